The summed E-state index contributed by atoms with van der Waals surface area (Å²) in [5, 5.41) is 9.14. The topological polar surface area (TPSA) is 87.1 Å². The molecule has 4 rings (SSSR count). The maximum absolute atomic E-state index is 12.9. The highest BCUT2D eigenvalue weighted by molar-refractivity contribution is 5.44. The van der Waals surface area contributed by atoms with Gasteiger partial charge in [-0.15, -0.1) is 0 Å². The van der Waals surface area contributed by atoms with Crippen LogP contribution in [0.5, 0.6) is 0 Å². The van der Waals surface area contributed by atoms with Crippen LogP contribution in [-0.4, -0.2) is 19.6 Å². The fourth-order valence-electron chi connectivity index (χ4n) is 2.64. The average molecular weight is 364 g/mol. The Balaban J connectivity index is 1.49. The van der Waals surface area contributed by atoms with Gasteiger partial charge in [0.15, 0.2) is 0 Å². The zero-order valence-corrected chi connectivity index (χ0v) is 14.3. The molecule has 0 aliphatic carbocycles. The van der Waals surface area contributed by atoms with Crippen molar-refractivity contribution >= 4 is 17.4 Å². The standard InChI is InChI=1S/C19H17FN6O/c20-14-6-8-15(9-7-14)21-12-16-10-17(27)26-19(23-16)24-18(25-26)22-11-13-4-2-1-3-5-13/h1-10,21H,11-12H2,(H2,22,23,24,25). The quantitative estimate of drug-likeness (QED) is 0.490. The Hall–Kier alpha value is -3.68. The van der Waals surface area contributed by atoms with Gasteiger partial charge in [0, 0.05) is 18.3 Å². The van der Waals surface area contributed by atoms with Crippen molar-refractivity contribution in [3.63, 3.8) is 0 Å². The van der Waals surface area contributed by atoms with Gasteiger partial charge < -0.3 is 10.6 Å². The van der Waals surface area contributed by atoms with Crippen LogP contribution in [0.15, 0.2) is 65.5 Å². The highest BCUT2D eigenvalue weighted by Gasteiger charge is 2.08. The van der Waals surface area contributed by atoms with Gasteiger partial charge in [-0.05, 0) is 29.8 Å². The van der Waals surface area contributed by atoms with E-state index >= 15 is 0 Å². The van der Waals surface area contributed by atoms with E-state index in [2.05, 4.69) is 25.7 Å². The number of nitrogens with one attached hydrogen (secondary N) is 3. The molecular weight excluding hydrogens is 347 g/mol. The molecule has 0 saturated heterocycles. The second-order valence-electron chi connectivity index (χ2n) is 5.99. The molecule has 4 aromatic rings. The van der Waals surface area contributed by atoms with Gasteiger partial charge in [0.05, 0.1) is 12.2 Å². The molecule has 0 spiro atoms. The highest BCUT2D eigenvalue weighted by Crippen LogP contribution is 2.10. The molecule has 3 N–H and O–H groups in total. The van der Waals surface area contributed by atoms with E-state index in [4.69, 9.17) is 0 Å². The van der Waals surface area contributed by atoms with Gasteiger partial charge in [0.1, 0.15) is 5.82 Å². The Morgan fingerprint density at radius 2 is 1.74 bits per heavy atom. The maximum Gasteiger partial charge on any atom is 0.274 e. The third kappa shape index (κ3) is 3.95. The Bertz CT molecular complexity index is 1100. The summed E-state index contributed by atoms with van der Waals surface area (Å²) in [6, 6.07) is 17.3. The van der Waals surface area contributed by atoms with Gasteiger partial charge >= 0.3 is 0 Å². The number of halogens is 1. The predicted octanol–water partition coefficient (Wildman–Crippen LogP) is 2.78. The molecule has 2 aromatic heterocycles. The lowest BCUT2D eigenvalue weighted by atomic mass is 10.2. The van der Waals surface area contributed by atoms with Crippen LogP contribution < -0.4 is 16.2 Å². The van der Waals surface area contributed by atoms with Crippen LogP contribution in [0.4, 0.5) is 16.0 Å². The predicted molar refractivity (Wildman–Crippen MR) is 101 cm³/mol. The first-order valence-corrected chi connectivity index (χ1v) is 8.43. The molecule has 136 valence electrons. The SMILES string of the molecule is O=c1cc(CNc2ccc(F)cc2)nc2nc(NCc3ccccc3)[nH]n12. The zero-order valence-electron chi connectivity index (χ0n) is 14.3. The van der Waals surface area contributed by atoms with Gasteiger partial charge in [0.2, 0.25) is 5.95 Å². The van der Waals surface area contributed by atoms with E-state index in [-0.39, 0.29) is 17.2 Å². The van der Waals surface area contributed by atoms with Crippen LogP contribution in [0, 0.1) is 5.82 Å². The van der Waals surface area contributed by atoms with E-state index in [1.807, 2.05) is 30.3 Å². The second kappa shape index (κ2) is 7.28. The molecule has 0 aliphatic heterocycles. The summed E-state index contributed by atoms with van der Waals surface area (Å²) in [6.45, 7) is 0.908. The van der Waals surface area contributed by atoms with Crippen LogP contribution in [0.3, 0.4) is 0 Å². The molecule has 0 amide bonds. The molecular formula is C19H17FN6O. The molecule has 7 nitrogen and oxygen atoms in total. The van der Waals surface area contributed by atoms with E-state index < -0.39 is 0 Å². The first-order chi connectivity index (χ1) is 13.2. The number of hydrogen-bond acceptors (Lipinski definition) is 5. The first-order valence-electron chi connectivity index (χ1n) is 8.43. The summed E-state index contributed by atoms with van der Waals surface area (Å²) in [7, 11) is 0. The summed E-state index contributed by atoms with van der Waals surface area (Å²) in [5.74, 6) is 0.450. The van der Waals surface area contributed by atoms with Crippen LogP contribution in [-0.2, 0) is 13.1 Å². The van der Waals surface area contributed by atoms with Gasteiger partial charge in [0.25, 0.3) is 11.3 Å². The van der Waals surface area contributed by atoms with E-state index in [0.717, 1.165) is 11.3 Å². The lowest BCUT2D eigenvalue weighted by molar-refractivity contribution is 0.628. The smallest absolute Gasteiger partial charge is 0.274 e. The van der Waals surface area contributed by atoms with Crippen LogP contribution in [0.25, 0.3) is 5.78 Å². The van der Waals surface area contributed by atoms with Gasteiger partial charge in [-0.1, -0.05) is 30.3 Å². The third-order valence-electron chi connectivity index (χ3n) is 4.00. The number of fused-ring (bicyclic) bond motifs is 1. The summed E-state index contributed by atoms with van der Waals surface area (Å²) in [5.41, 5.74) is 2.13. The molecule has 2 heterocycles. The fraction of sp³-hybridized carbons (Fsp3) is 0.105. The molecule has 27 heavy (non-hydrogen) atoms. The van der Waals surface area contributed by atoms with Crippen molar-refractivity contribution in [1.29, 1.82) is 0 Å². The number of aromatic amines is 1. The lowest BCUT2D eigenvalue weighted by Gasteiger charge is -2.05. The first kappa shape index (κ1) is 16.8. The van der Waals surface area contributed by atoms with Crippen molar-refractivity contribution in [2.45, 2.75) is 13.1 Å². The van der Waals surface area contributed by atoms with E-state index in [1.165, 1.54) is 22.7 Å². The Morgan fingerprint density at radius 3 is 2.52 bits per heavy atom. The molecule has 0 fully saturated rings. The largest absolute Gasteiger partial charge is 0.379 e. The molecule has 2 aromatic carbocycles. The Kier molecular flexibility index (Phi) is 4.52. The zero-order chi connectivity index (χ0) is 18.6. The third-order valence-corrected chi connectivity index (χ3v) is 4.00. The van der Waals surface area contributed by atoms with E-state index in [0.29, 0.717) is 24.7 Å². The number of benzene rings is 2. The second-order valence-corrected chi connectivity index (χ2v) is 5.99. The van der Waals surface area contributed by atoms with Crippen LogP contribution >= 0.6 is 0 Å². The van der Waals surface area contributed by atoms with E-state index in [9.17, 15) is 9.18 Å². The van der Waals surface area contributed by atoms with Gasteiger partial charge in [-0.2, -0.15) is 9.50 Å². The van der Waals surface area contributed by atoms with Crippen molar-refractivity contribution in [3.05, 3.63) is 88.1 Å². The van der Waals surface area contributed by atoms with Gasteiger partial charge in [-0.25, -0.2) is 9.37 Å². The number of anilines is 2. The Labute approximate surface area is 153 Å². The Morgan fingerprint density at radius 1 is 0.963 bits per heavy atom. The van der Waals surface area contributed by atoms with Crippen LogP contribution in [0.1, 0.15) is 11.3 Å². The normalized spacial score (nSPS) is 10.9. The summed E-state index contributed by atoms with van der Waals surface area (Å²) < 4.78 is 14.2. The molecule has 0 atom stereocenters. The summed E-state index contributed by atoms with van der Waals surface area (Å²) in [4.78, 5) is 21.0. The number of aromatic nitrogens is 4. The molecule has 0 saturated carbocycles. The van der Waals surface area contributed by atoms with Crippen molar-refractivity contribution in [2.24, 2.45) is 0 Å². The summed E-state index contributed by atoms with van der Waals surface area (Å²) >= 11 is 0. The van der Waals surface area contributed by atoms with E-state index in [1.54, 1.807) is 12.1 Å². The minimum atomic E-state index is -0.301. The molecule has 0 aliphatic rings. The van der Waals surface area contributed by atoms with Crippen molar-refractivity contribution in [2.75, 3.05) is 10.6 Å². The number of H-pyrrole nitrogens is 1. The van der Waals surface area contributed by atoms with Gasteiger partial charge in [-0.3, -0.25) is 9.89 Å². The minimum absolute atomic E-state index is 0.254. The molecule has 8 heteroatoms. The average Bonchev–Trinajstić information content (AvgIpc) is 3.10. The summed E-state index contributed by atoms with van der Waals surface area (Å²) in [6.07, 6.45) is 0. The van der Waals surface area contributed by atoms with Crippen LogP contribution in [0.2, 0.25) is 0 Å². The number of nitrogens with zero attached hydrogens (tertiary/aromatic N) is 3. The molecule has 0 unspecified atom stereocenters. The number of hydrogen-bond donors (Lipinski definition) is 3. The molecule has 0 bridgehead atoms. The molecule has 0 radical (unpaired) electrons. The maximum atomic E-state index is 12.9. The van der Waals surface area contributed by atoms with Crippen molar-refractivity contribution < 1.29 is 4.39 Å². The van der Waals surface area contributed by atoms with Crippen molar-refractivity contribution in [1.82, 2.24) is 19.6 Å². The number of rotatable bonds is 6. The highest BCUT2D eigenvalue weighted by atomic mass is 19.1. The fourth-order valence-corrected chi connectivity index (χ4v) is 2.64. The van der Waals surface area contributed by atoms with Crippen molar-refractivity contribution in [3.8, 4) is 0 Å². The minimum Gasteiger partial charge on any atom is -0.379 e. The lowest BCUT2D eigenvalue weighted by Crippen LogP contribution is -2.17. The monoisotopic (exact) mass is 364 g/mol.